The molecule has 24 heavy (non-hydrogen) atoms. The van der Waals surface area contributed by atoms with Gasteiger partial charge in [0, 0.05) is 22.8 Å². The van der Waals surface area contributed by atoms with Crippen molar-refractivity contribution in [3.05, 3.63) is 53.4 Å². The van der Waals surface area contributed by atoms with E-state index in [1.165, 1.54) is 3.97 Å². The van der Waals surface area contributed by atoms with E-state index < -0.39 is 14.8 Å². The number of aromatic nitrogens is 2. The Labute approximate surface area is 146 Å². The molecule has 1 unspecified atom stereocenters. The van der Waals surface area contributed by atoms with Gasteiger partial charge in [-0.15, -0.1) is 0 Å². The van der Waals surface area contributed by atoms with Crippen LogP contribution in [0.2, 0.25) is 0 Å². The summed E-state index contributed by atoms with van der Waals surface area (Å²) in [5.74, 6) is 0. The number of pyridine rings is 1. The zero-order valence-corrected chi connectivity index (χ0v) is 15.0. The van der Waals surface area contributed by atoms with Gasteiger partial charge in [0.15, 0.2) is 5.65 Å². The molecule has 0 saturated carbocycles. The maximum absolute atomic E-state index is 13.1. The second kappa shape index (κ2) is 6.35. The summed E-state index contributed by atoms with van der Waals surface area (Å²) in [6.45, 7) is 2.31. The van der Waals surface area contributed by atoms with E-state index in [2.05, 4.69) is 4.98 Å². The fraction of sp³-hybridized carbons (Fsp3) is 0.353. The lowest BCUT2D eigenvalue weighted by Crippen LogP contribution is -2.38. The SMILES string of the molecule is CC1(S(=O)(=O)n2ccc3cc(CCCN)cnc32)C=CC(Cl)=CC1. The highest BCUT2D eigenvalue weighted by molar-refractivity contribution is 7.91. The van der Waals surface area contributed by atoms with Crippen molar-refractivity contribution in [3.8, 4) is 0 Å². The van der Waals surface area contributed by atoms with Crippen LogP contribution < -0.4 is 5.73 Å². The number of aryl methyl sites for hydroxylation is 1. The van der Waals surface area contributed by atoms with Crippen molar-refractivity contribution in [3.63, 3.8) is 0 Å². The fourth-order valence-corrected chi connectivity index (χ4v) is 4.52. The predicted molar refractivity (Wildman–Crippen MR) is 97.5 cm³/mol. The lowest BCUT2D eigenvalue weighted by atomic mass is 10.0. The summed E-state index contributed by atoms with van der Waals surface area (Å²) in [6, 6.07) is 3.75. The van der Waals surface area contributed by atoms with Gasteiger partial charge in [-0.05, 0) is 56.5 Å². The average Bonchev–Trinajstić information content (AvgIpc) is 2.99. The summed E-state index contributed by atoms with van der Waals surface area (Å²) in [4.78, 5) is 4.38. The summed E-state index contributed by atoms with van der Waals surface area (Å²) < 4.78 is 26.5. The van der Waals surface area contributed by atoms with Gasteiger partial charge in [0.05, 0.1) is 0 Å². The van der Waals surface area contributed by atoms with Gasteiger partial charge in [-0.2, -0.15) is 0 Å². The number of hydrogen-bond donors (Lipinski definition) is 1. The molecule has 1 aliphatic carbocycles. The molecule has 1 atom stereocenters. The van der Waals surface area contributed by atoms with Crippen molar-refractivity contribution >= 4 is 32.7 Å². The molecule has 5 nitrogen and oxygen atoms in total. The first-order valence-electron chi connectivity index (χ1n) is 7.83. The van der Waals surface area contributed by atoms with Crippen molar-refractivity contribution in [2.45, 2.75) is 30.9 Å². The van der Waals surface area contributed by atoms with Crippen LogP contribution in [-0.2, 0) is 16.4 Å². The maximum atomic E-state index is 13.1. The van der Waals surface area contributed by atoms with Gasteiger partial charge in [0.2, 0.25) is 10.0 Å². The highest BCUT2D eigenvalue weighted by Crippen LogP contribution is 2.33. The lowest BCUT2D eigenvalue weighted by molar-refractivity contribution is 0.554. The number of nitrogens with zero attached hydrogens (tertiary/aromatic N) is 2. The van der Waals surface area contributed by atoms with E-state index in [0.717, 1.165) is 23.8 Å². The predicted octanol–water partition coefficient (Wildman–Crippen LogP) is 2.95. The minimum Gasteiger partial charge on any atom is -0.330 e. The molecule has 7 heteroatoms. The van der Waals surface area contributed by atoms with Crippen molar-refractivity contribution in [1.82, 2.24) is 8.96 Å². The van der Waals surface area contributed by atoms with E-state index in [0.29, 0.717) is 23.6 Å². The van der Waals surface area contributed by atoms with Gasteiger partial charge < -0.3 is 5.73 Å². The molecule has 3 rings (SSSR count). The first-order valence-corrected chi connectivity index (χ1v) is 9.65. The molecule has 2 heterocycles. The fourth-order valence-electron chi connectivity index (χ4n) is 2.79. The number of rotatable bonds is 5. The average molecular weight is 366 g/mol. The zero-order chi connectivity index (χ0) is 17.4. The van der Waals surface area contributed by atoms with Crippen LogP contribution >= 0.6 is 11.6 Å². The van der Waals surface area contributed by atoms with Crippen LogP contribution in [0.25, 0.3) is 11.0 Å². The van der Waals surface area contributed by atoms with Crippen molar-refractivity contribution in [2.75, 3.05) is 6.54 Å². The highest BCUT2D eigenvalue weighted by Gasteiger charge is 2.39. The Kier molecular flexibility index (Phi) is 4.55. The van der Waals surface area contributed by atoms with Crippen LogP contribution in [-0.4, -0.2) is 28.7 Å². The lowest BCUT2D eigenvalue weighted by Gasteiger charge is -2.27. The summed E-state index contributed by atoms with van der Waals surface area (Å²) in [5, 5.41) is 1.37. The molecule has 0 radical (unpaired) electrons. The molecule has 0 aliphatic heterocycles. The number of nitrogens with two attached hydrogens (primary N) is 1. The minimum absolute atomic E-state index is 0.332. The molecule has 0 saturated heterocycles. The smallest absolute Gasteiger partial charge is 0.249 e. The number of halogens is 1. The van der Waals surface area contributed by atoms with E-state index in [4.69, 9.17) is 17.3 Å². The van der Waals surface area contributed by atoms with Gasteiger partial charge in [-0.3, -0.25) is 0 Å². The Bertz CT molecular complexity index is 930. The Morgan fingerprint density at radius 2 is 2.25 bits per heavy atom. The van der Waals surface area contributed by atoms with Crippen LogP contribution in [0.3, 0.4) is 0 Å². The van der Waals surface area contributed by atoms with E-state index in [1.54, 1.807) is 43.6 Å². The molecule has 2 aromatic rings. The number of hydrogen-bond acceptors (Lipinski definition) is 4. The molecular weight excluding hydrogens is 346 g/mol. The molecule has 128 valence electrons. The van der Waals surface area contributed by atoms with Gasteiger partial charge in [-0.1, -0.05) is 23.8 Å². The molecular formula is C17H20ClN3O2S. The largest absolute Gasteiger partial charge is 0.330 e. The molecule has 2 N–H and O–H groups in total. The molecule has 0 spiro atoms. The first kappa shape index (κ1) is 17.2. The second-order valence-electron chi connectivity index (χ2n) is 6.20. The topological polar surface area (TPSA) is 78.0 Å². The van der Waals surface area contributed by atoms with E-state index in [-0.39, 0.29) is 0 Å². The van der Waals surface area contributed by atoms with Gasteiger partial charge in [0.1, 0.15) is 4.75 Å². The maximum Gasteiger partial charge on any atom is 0.249 e. The van der Waals surface area contributed by atoms with Crippen LogP contribution in [0, 0.1) is 0 Å². The summed E-state index contributed by atoms with van der Waals surface area (Å²) >= 11 is 5.92. The third-order valence-electron chi connectivity index (χ3n) is 4.37. The van der Waals surface area contributed by atoms with Crippen LogP contribution in [0.5, 0.6) is 0 Å². The van der Waals surface area contributed by atoms with Crippen LogP contribution in [0.15, 0.2) is 47.8 Å². The number of fused-ring (bicyclic) bond motifs is 1. The van der Waals surface area contributed by atoms with Crippen molar-refractivity contribution < 1.29 is 8.42 Å². The molecule has 2 aromatic heterocycles. The second-order valence-corrected chi connectivity index (χ2v) is 8.92. The summed E-state index contributed by atoms with van der Waals surface area (Å²) in [6.07, 6.45) is 10.3. The van der Waals surface area contributed by atoms with Crippen molar-refractivity contribution in [1.29, 1.82) is 0 Å². The van der Waals surface area contributed by atoms with E-state index in [1.807, 2.05) is 6.07 Å². The quantitative estimate of drug-likeness (QED) is 0.883. The van der Waals surface area contributed by atoms with Crippen LogP contribution in [0.4, 0.5) is 0 Å². The zero-order valence-electron chi connectivity index (χ0n) is 13.4. The Balaban J connectivity index is 2.01. The molecule has 1 aliphatic rings. The third kappa shape index (κ3) is 2.90. The Hall–Kier alpha value is -1.63. The van der Waals surface area contributed by atoms with Gasteiger partial charge in [0.25, 0.3) is 0 Å². The molecule has 0 aromatic carbocycles. The molecule has 0 bridgehead atoms. The standard InChI is InChI=1S/C17H20ClN3O2S/c1-17(7-4-15(18)5-8-17)24(22,23)21-10-6-14-11-13(3-2-9-19)12-20-16(14)21/h4-7,10-12H,2-3,8-9,19H2,1H3. The Morgan fingerprint density at radius 3 is 2.92 bits per heavy atom. The molecule has 0 amide bonds. The van der Waals surface area contributed by atoms with E-state index in [9.17, 15) is 8.42 Å². The first-order chi connectivity index (χ1) is 11.4. The van der Waals surface area contributed by atoms with Gasteiger partial charge in [-0.25, -0.2) is 17.4 Å². The van der Waals surface area contributed by atoms with Crippen LogP contribution in [0.1, 0.15) is 25.3 Å². The number of allylic oxidation sites excluding steroid dienone is 3. The normalized spacial score (nSPS) is 21.2. The summed E-state index contributed by atoms with van der Waals surface area (Å²) in [7, 11) is -3.65. The highest BCUT2D eigenvalue weighted by atomic mass is 35.5. The Morgan fingerprint density at radius 1 is 1.46 bits per heavy atom. The van der Waals surface area contributed by atoms with Crippen molar-refractivity contribution in [2.24, 2.45) is 5.73 Å². The minimum atomic E-state index is -3.65. The van der Waals surface area contributed by atoms with Gasteiger partial charge >= 0.3 is 0 Å². The monoisotopic (exact) mass is 365 g/mol. The molecule has 0 fully saturated rings. The third-order valence-corrected chi connectivity index (χ3v) is 6.94. The summed E-state index contributed by atoms with van der Waals surface area (Å²) in [5.41, 5.74) is 7.04. The van der Waals surface area contributed by atoms with E-state index >= 15 is 0 Å².